The minimum absolute atomic E-state index is 0.108. The zero-order chi connectivity index (χ0) is 32.1. The Morgan fingerprint density at radius 3 is 1.98 bits per heavy atom. The normalized spacial score (nSPS) is 15.6. The van der Waals surface area contributed by atoms with E-state index >= 15 is 0 Å². The number of fused-ring (bicyclic) bond motifs is 1. The largest absolute Gasteiger partial charge is 0.446 e. The van der Waals surface area contributed by atoms with E-state index < -0.39 is 6.09 Å². The number of carbonyl (C=O) groups is 3. The summed E-state index contributed by atoms with van der Waals surface area (Å²) in [7, 11) is 4.25. The third-order valence-electron chi connectivity index (χ3n) is 8.90. The van der Waals surface area contributed by atoms with Gasteiger partial charge in [-0.3, -0.25) is 24.7 Å². The molecule has 1 fully saturated rings. The van der Waals surface area contributed by atoms with Crippen molar-refractivity contribution in [2.45, 2.75) is 32.0 Å². The van der Waals surface area contributed by atoms with Gasteiger partial charge in [-0.15, -0.1) is 0 Å². The molecule has 236 valence electrons. The lowest BCUT2D eigenvalue weighted by Gasteiger charge is -2.32. The summed E-state index contributed by atoms with van der Waals surface area (Å²) in [6, 6.07) is 33.5. The van der Waals surface area contributed by atoms with Crippen molar-refractivity contribution in [1.29, 1.82) is 0 Å². The summed E-state index contributed by atoms with van der Waals surface area (Å²) in [6.07, 6.45) is 1.07. The number of carbonyl (C=O) groups excluding carboxylic acids is 3. The van der Waals surface area contributed by atoms with Crippen LogP contribution in [0.2, 0.25) is 0 Å². The van der Waals surface area contributed by atoms with Gasteiger partial charge in [-0.1, -0.05) is 84.9 Å². The van der Waals surface area contributed by atoms with Gasteiger partial charge in [0.2, 0.25) is 0 Å². The zero-order valence-corrected chi connectivity index (χ0v) is 26.5. The highest BCUT2D eigenvalue weighted by Crippen LogP contribution is 2.28. The Kier molecular flexibility index (Phi) is 9.28. The summed E-state index contributed by atoms with van der Waals surface area (Å²) in [6.45, 7) is 4.43. The van der Waals surface area contributed by atoms with Crippen molar-refractivity contribution in [3.63, 3.8) is 0 Å². The van der Waals surface area contributed by atoms with Crippen molar-refractivity contribution in [2.75, 3.05) is 45.6 Å². The number of likely N-dealkylation sites (N-methyl/N-ethyl adjacent to an activating group) is 1. The number of benzene rings is 4. The number of anilines is 1. The third kappa shape index (κ3) is 7.36. The molecule has 0 unspecified atom stereocenters. The molecule has 0 spiro atoms. The van der Waals surface area contributed by atoms with Crippen LogP contribution in [0.15, 0.2) is 103 Å². The Morgan fingerprint density at radius 2 is 1.33 bits per heavy atom. The Morgan fingerprint density at radius 1 is 0.761 bits per heavy atom. The van der Waals surface area contributed by atoms with Gasteiger partial charge in [-0.25, -0.2) is 4.79 Å². The first-order valence-corrected chi connectivity index (χ1v) is 16.0. The second-order valence-corrected chi connectivity index (χ2v) is 12.9. The van der Waals surface area contributed by atoms with Gasteiger partial charge in [0.1, 0.15) is 12.6 Å². The zero-order valence-electron chi connectivity index (χ0n) is 26.5. The summed E-state index contributed by atoms with van der Waals surface area (Å²) in [5, 5.41) is 2.95. The Bertz CT molecular complexity index is 1660. The minimum atomic E-state index is -0.414. The highest BCUT2D eigenvalue weighted by molar-refractivity contribution is 6.21. The van der Waals surface area contributed by atoms with Crippen LogP contribution < -0.4 is 5.32 Å². The molecule has 1 saturated heterocycles. The summed E-state index contributed by atoms with van der Waals surface area (Å²) in [5.41, 5.74) is 6.20. The lowest BCUT2D eigenvalue weighted by atomic mass is 10.0. The van der Waals surface area contributed by atoms with E-state index in [1.54, 1.807) is 24.3 Å². The quantitative estimate of drug-likeness (QED) is 0.164. The van der Waals surface area contributed by atoms with Crippen molar-refractivity contribution in [3.05, 3.63) is 125 Å². The number of likely N-dealkylation sites (tertiary alicyclic amines) is 1. The van der Waals surface area contributed by atoms with Crippen LogP contribution >= 0.6 is 0 Å². The molecule has 0 aliphatic carbocycles. The topological polar surface area (TPSA) is 79.0 Å². The third-order valence-corrected chi connectivity index (χ3v) is 8.90. The molecule has 2 aliphatic heterocycles. The van der Waals surface area contributed by atoms with E-state index in [4.69, 9.17) is 4.74 Å². The van der Waals surface area contributed by atoms with Crippen LogP contribution in [0.25, 0.3) is 11.1 Å². The van der Waals surface area contributed by atoms with Gasteiger partial charge in [0.15, 0.2) is 0 Å². The monoisotopic (exact) mass is 617 g/mol. The van der Waals surface area contributed by atoms with Crippen molar-refractivity contribution < 1.29 is 23.6 Å². The van der Waals surface area contributed by atoms with Crippen molar-refractivity contribution >= 4 is 23.6 Å². The number of hydrogen-bond donors (Lipinski definition) is 1. The molecule has 2 heterocycles. The molecule has 6 rings (SSSR count). The number of amides is 3. The number of imide groups is 1. The fourth-order valence-corrected chi connectivity index (χ4v) is 6.33. The van der Waals surface area contributed by atoms with Crippen LogP contribution in [0.5, 0.6) is 0 Å². The number of rotatable bonds is 10. The molecular formula is C38H41N4O4+. The molecule has 0 bridgehead atoms. The molecule has 2 aliphatic rings. The lowest BCUT2D eigenvalue weighted by Crippen LogP contribution is -2.46. The molecule has 4 aromatic carbocycles. The summed E-state index contributed by atoms with van der Waals surface area (Å²) < 4.78 is 6.47. The summed E-state index contributed by atoms with van der Waals surface area (Å²) in [5.74, 6) is -0.401. The van der Waals surface area contributed by atoms with Crippen LogP contribution in [-0.4, -0.2) is 78.6 Å². The van der Waals surface area contributed by atoms with E-state index in [0.717, 1.165) is 55.8 Å². The first-order valence-electron chi connectivity index (χ1n) is 16.0. The highest BCUT2D eigenvalue weighted by atomic mass is 16.6. The second-order valence-electron chi connectivity index (χ2n) is 12.9. The smallest absolute Gasteiger partial charge is 0.411 e. The molecule has 1 N–H and O–H groups in total. The van der Waals surface area contributed by atoms with Gasteiger partial charge in [0, 0.05) is 30.8 Å². The first-order chi connectivity index (χ1) is 22.3. The van der Waals surface area contributed by atoms with Crippen LogP contribution in [0.1, 0.15) is 44.7 Å². The average molecular weight is 618 g/mol. The number of quaternary nitrogens is 1. The molecular weight excluding hydrogens is 576 g/mol. The van der Waals surface area contributed by atoms with E-state index in [9.17, 15) is 14.4 Å². The van der Waals surface area contributed by atoms with Crippen molar-refractivity contribution in [3.8, 4) is 11.1 Å². The summed E-state index contributed by atoms with van der Waals surface area (Å²) >= 11 is 0. The Labute approximate surface area is 270 Å². The molecule has 3 amide bonds. The maximum absolute atomic E-state index is 12.8. The van der Waals surface area contributed by atoms with Crippen LogP contribution in [-0.2, 0) is 17.8 Å². The van der Waals surface area contributed by atoms with Gasteiger partial charge < -0.3 is 9.22 Å². The average Bonchev–Trinajstić information content (AvgIpc) is 3.31. The number of hydrogen-bond acceptors (Lipinski definition) is 5. The fourth-order valence-electron chi connectivity index (χ4n) is 6.33. The number of para-hydroxylation sites is 1. The number of piperidine rings is 1. The summed E-state index contributed by atoms with van der Waals surface area (Å²) in [4.78, 5) is 42.0. The maximum Gasteiger partial charge on any atom is 0.411 e. The van der Waals surface area contributed by atoms with Crippen LogP contribution in [0, 0.1) is 0 Å². The first kappa shape index (κ1) is 31.2. The predicted octanol–water partition coefficient (Wildman–Crippen LogP) is 6.44. The van der Waals surface area contributed by atoms with Crippen molar-refractivity contribution in [1.82, 2.24) is 9.80 Å². The molecule has 8 nitrogen and oxygen atoms in total. The van der Waals surface area contributed by atoms with Gasteiger partial charge in [-0.05, 0) is 42.2 Å². The standard InChI is InChI=1S/C38H40N4O4/c1-42(2,25-24-41-36(43)33-13-6-7-14-34(33)37(41)44)27-29-18-16-28(17-19-29)26-40-22-20-31(21-23-40)46-38(45)39-35-15-9-8-12-32(35)30-10-4-3-5-11-30/h3-19,31H,20-27H2,1-2H3/p+1. The van der Waals surface area contributed by atoms with Gasteiger partial charge >= 0.3 is 6.09 Å². The van der Waals surface area contributed by atoms with Gasteiger partial charge in [-0.2, -0.15) is 0 Å². The molecule has 0 aromatic heterocycles. The molecule has 0 saturated carbocycles. The minimum Gasteiger partial charge on any atom is -0.446 e. The number of nitrogens with one attached hydrogen (secondary N) is 1. The molecule has 4 aromatic rings. The molecule has 8 heteroatoms. The SMILES string of the molecule is C[N+](C)(CCN1C(=O)c2ccccc2C1=O)Cc1ccc(CN2CCC(OC(=O)Nc3ccccc3-c3ccccc3)CC2)cc1. The Balaban J connectivity index is 0.940. The number of ether oxygens (including phenoxy) is 1. The van der Waals surface area contributed by atoms with E-state index in [2.05, 4.69) is 48.6 Å². The predicted molar refractivity (Wildman–Crippen MR) is 179 cm³/mol. The second kappa shape index (κ2) is 13.7. The van der Waals surface area contributed by atoms with Crippen LogP contribution in [0.4, 0.5) is 10.5 Å². The lowest BCUT2D eigenvalue weighted by molar-refractivity contribution is -0.902. The molecule has 0 radical (unpaired) electrons. The fraction of sp³-hybridized carbons (Fsp3) is 0.289. The Hall–Kier alpha value is -4.79. The van der Waals surface area contributed by atoms with E-state index in [1.165, 1.54) is 16.0 Å². The van der Waals surface area contributed by atoms with E-state index in [0.29, 0.717) is 28.7 Å². The van der Waals surface area contributed by atoms with E-state index in [1.807, 2.05) is 54.6 Å². The molecule has 0 atom stereocenters. The molecule has 46 heavy (non-hydrogen) atoms. The van der Waals surface area contributed by atoms with Gasteiger partial charge in [0.25, 0.3) is 11.8 Å². The number of nitrogens with zero attached hydrogens (tertiary/aromatic N) is 3. The van der Waals surface area contributed by atoms with Crippen LogP contribution in [0.3, 0.4) is 0 Å². The highest BCUT2D eigenvalue weighted by Gasteiger charge is 2.36. The van der Waals surface area contributed by atoms with E-state index in [-0.39, 0.29) is 17.9 Å². The van der Waals surface area contributed by atoms with Crippen molar-refractivity contribution in [2.24, 2.45) is 0 Å². The van der Waals surface area contributed by atoms with Gasteiger partial charge in [0.05, 0.1) is 44.0 Å². The maximum atomic E-state index is 12.8.